The summed E-state index contributed by atoms with van der Waals surface area (Å²) in [6.07, 6.45) is 2.69. The summed E-state index contributed by atoms with van der Waals surface area (Å²) in [5, 5.41) is 2.08. The van der Waals surface area contributed by atoms with Crippen LogP contribution < -0.4 is 0 Å². The number of ether oxygens (including phenoxy) is 1. The summed E-state index contributed by atoms with van der Waals surface area (Å²) in [4.78, 5) is 33.2. The van der Waals surface area contributed by atoms with Gasteiger partial charge in [0.15, 0.2) is 0 Å². The number of fused-ring (bicyclic) bond motifs is 1. The number of aromatic amines is 1. The fraction of sp³-hybridized carbons (Fsp3) is 0.429. The summed E-state index contributed by atoms with van der Waals surface area (Å²) in [7, 11) is 0. The van der Waals surface area contributed by atoms with E-state index in [2.05, 4.69) is 24.9 Å². The zero-order valence-corrected chi connectivity index (χ0v) is 22.9. The smallest absolute Gasteiger partial charge is 0.323 e. The van der Waals surface area contributed by atoms with Crippen molar-refractivity contribution in [2.75, 3.05) is 26.2 Å². The van der Waals surface area contributed by atoms with Gasteiger partial charge < -0.3 is 14.6 Å². The van der Waals surface area contributed by atoms with Crippen LogP contribution in [0.5, 0.6) is 0 Å². The molecule has 0 aliphatic heterocycles. The van der Waals surface area contributed by atoms with Gasteiger partial charge in [-0.15, -0.1) is 0 Å². The van der Waals surface area contributed by atoms with Crippen molar-refractivity contribution in [3.8, 4) is 0 Å². The monoisotopic (exact) mass is 531 g/mol. The van der Waals surface area contributed by atoms with Crippen LogP contribution in [0.1, 0.15) is 38.8 Å². The molecule has 6 nitrogen and oxygen atoms in total. The van der Waals surface area contributed by atoms with Gasteiger partial charge in [-0.1, -0.05) is 61.3 Å². The number of nitrogens with one attached hydrogen (secondary N) is 1. The first-order valence-corrected chi connectivity index (χ1v) is 13.1. The Morgan fingerprint density at radius 1 is 1.06 bits per heavy atom. The summed E-state index contributed by atoms with van der Waals surface area (Å²) in [5.41, 5.74) is 3.11. The van der Waals surface area contributed by atoms with Crippen molar-refractivity contribution in [2.45, 2.75) is 46.7 Å². The number of amides is 1. The highest BCUT2D eigenvalue weighted by Gasteiger charge is 2.27. The van der Waals surface area contributed by atoms with Crippen LogP contribution in [0.4, 0.5) is 0 Å². The third-order valence-corrected chi connectivity index (χ3v) is 6.89. The highest BCUT2D eigenvalue weighted by molar-refractivity contribution is 6.42. The number of H-pyrrole nitrogens is 1. The van der Waals surface area contributed by atoms with Crippen LogP contribution in [0, 0.1) is 5.92 Å². The van der Waals surface area contributed by atoms with Crippen molar-refractivity contribution in [1.82, 2.24) is 14.8 Å². The Bertz CT molecular complexity index is 1180. The zero-order chi connectivity index (χ0) is 26.2. The van der Waals surface area contributed by atoms with Crippen LogP contribution in [-0.2, 0) is 27.3 Å². The Kier molecular flexibility index (Phi) is 10.2. The molecule has 0 aliphatic rings. The van der Waals surface area contributed by atoms with Crippen molar-refractivity contribution in [1.29, 1.82) is 0 Å². The Hall–Kier alpha value is -2.54. The molecule has 0 unspecified atom stereocenters. The predicted molar refractivity (Wildman–Crippen MR) is 146 cm³/mol. The first-order chi connectivity index (χ1) is 17.2. The third-order valence-electron chi connectivity index (χ3n) is 6.15. The highest BCUT2D eigenvalue weighted by Crippen LogP contribution is 2.24. The van der Waals surface area contributed by atoms with E-state index in [4.69, 9.17) is 27.9 Å². The largest absolute Gasteiger partial charge is 0.465 e. The van der Waals surface area contributed by atoms with Gasteiger partial charge in [0.1, 0.15) is 6.04 Å². The lowest BCUT2D eigenvalue weighted by molar-refractivity contribution is -0.150. The molecule has 8 heteroatoms. The molecule has 1 heterocycles. The fourth-order valence-electron chi connectivity index (χ4n) is 4.26. The molecule has 0 bridgehead atoms. The molecule has 1 aromatic heterocycles. The number of benzene rings is 2. The minimum Gasteiger partial charge on any atom is -0.465 e. The van der Waals surface area contributed by atoms with Crippen molar-refractivity contribution in [3.63, 3.8) is 0 Å². The minimum atomic E-state index is -0.517. The first kappa shape index (κ1) is 28.0. The van der Waals surface area contributed by atoms with E-state index in [0.717, 1.165) is 22.0 Å². The number of halogens is 2. The van der Waals surface area contributed by atoms with E-state index < -0.39 is 6.04 Å². The Balaban J connectivity index is 1.82. The van der Waals surface area contributed by atoms with Gasteiger partial charge in [-0.2, -0.15) is 0 Å². The number of hydrogen-bond donors (Lipinski definition) is 1. The normalized spacial score (nSPS) is 12.3. The third kappa shape index (κ3) is 7.48. The average molecular weight is 533 g/mol. The second-order valence-corrected chi connectivity index (χ2v) is 10.2. The Morgan fingerprint density at radius 2 is 1.81 bits per heavy atom. The van der Waals surface area contributed by atoms with Crippen molar-refractivity contribution in [2.24, 2.45) is 5.92 Å². The molecular weight excluding hydrogens is 497 g/mol. The maximum Gasteiger partial charge on any atom is 0.323 e. The van der Waals surface area contributed by atoms with Crippen LogP contribution in [0.15, 0.2) is 48.7 Å². The minimum absolute atomic E-state index is 0.0577. The SMILES string of the molecule is CCOC(=O)[C@@H](C)N(CC(=O)N(CCc1c[nH]c2ccccc12)Cc1ccc(Cl)c(Cl)c1)CC(C)C. The number of carbonyl (C=O) groups excluding carboxylic acids is 2. The van der Waals surface area contributed by atoms with Crippen LogP contribution in [-0.4, -0.2) is 58.9 Å². The van der Waals surface area contributed by atoms with Gasteiger partial charge in [-0.05, 0) is 55.5 Å². The lowest BCUT2D eigenvalue weighted by Gasteiger charge is -2.31. The van der Waals surface area contributed by atoms with E-state index in [1.54, 1.807) is 26.0 Å². The first-order valence-electron chi connectivity index (χ1n) is 12.4. The molecule has 0 aliphatic carbocycles. The molecule has 1 atom stereocenters. The maximum atomic E-state index is 13.7. The number of hydrogen-bond acceptors (Lipinski definition) is 4. The standard InChI is InChI=1S/C28H35Cl2N3O3/c1-5-36-28(35)20(4)33(16-19(2)3)18-27(34)32(17-21-10-11-24(29)25(30)14-21)13-12-22-15-31-26-9-7-6-8-23(22)26/h6-11,14-15,19-20,31H,5,12-13,16-18H2,1-4H3/t20-/m1/s1. The summed E-state index contributed by atoms with van der Waals surface area (Å²) in [6, 6.07) is 13.0. The van der Waals surface area contributed by atoms with Gasteiger partial charge in [0.2, 0.25) is 5.91 Å². The second kappa shape index (κ2) is 13.1. The van der Waals surface area contributed by atoms with Crippen LogP contribution in [0.2, 0.25) is 10.0 Å². The lowest BCUT2D eigenvalue weighted by Crippen LogP contribution is -2.48. The van der Waals surface area contributed by atoms with Crippen LogP contribution in [0.3, 0.4) is 0 Å². The molecular formula is C28H35Cl2N3O3. The van der Waals surface area contributed by atoms with E-state index in [0.29, 0.717) is 42.7 Å². The van der Waals surface area contributed by atoms with Crippen molar-refractivity contribution in [3.05, 3.63) is 69.8 Å². The molecule has 3 aromatic rings. The molecule has 0 spiro atoms. The van der Waals surface area contributed by atoms with Crippen molar-refractivity contribution < 1.29 is 14.3 Å². The topological polar surface area (TPSA) is 65.6 Å². The summed E-state index contributed by atoms with van der Waals surface area (Å²) in [5.74, 6) is -0.0945. The average Bonchev–Trinajstić information content (AvgIpc) is 3.26. The molecule has 194 valence electrons. The van der Waals surface area contributed by atoms with Gasteiger partial charge in [-0.3, -0.25) is 14.5 Å². The quantitative estimate of drug-likeness (QED) is 0.293. The molecule has 1 N–H and O–H groups in total. The molecule has 0 saturated carbocycles. The van der Waals surface area contributed by atoms with E-state index in [-0.39, 0.29) is 24.3 Å². The number of para-hydroxylation sites is 1. The van der Waals surface area contributed by atoms with E-state index in [1.807, 2.05) is 40.3 Å². The number of esters is 1. The van der Waals surface area contributed by atoms with Gasteiger partial charge in [0, 0.05) is 36.7 Å². The highest BCUT2D eigenvalue weighted by atomic mass is 35.5. The number of aromatic nitrogens is 1. The van der Waals surface area contributed by atoms with E-state index in [1.165, 1.54) is 0 Å². The van der Waals surface area contributed by atoms with Crippen LogP contribution >= 0.6 is 23.2 Å². The zero-order valence-electron chi connectivity index (χ0n) is 21.4. The molecule has 36 heavy (non-hydrogen) atoms. The number of carbonyl (C=O) groups is 2. The van der Waals surface area contributed by atoms with Gasteiger partial charge in [0.05, 0.1) is 23.2 Å². The molecule has 2 aromatic carbocycles. The molecule has 1 amide bonds. The van der Waals surface area contributed by atoms with Gasteiger partial charge in [0.25, 0.3) is 0 Å². The van der Waals surface area contributed by atoms with Gasteiger partial charge >= 0.3 is 5.97 Å². The molecule has 0 radical (unpaired) electrons. The van der Waals surface area contributed by atoms with Gasteiger partial charge in [-0.25, -0.2) is 0 Å². The van der Waals surface area contributed by atoms with E-state index >= 15 is 0 Å². The Labute approximate surface area is 223 Å². The predicted octanol–water partition coefficient (Wildman–Crippen LogP) is 5.96. The van der Waals surface area contributed by atoms with E-state index in [9.17, 15) is 9.59 Å². The van der Waals surface area contributed by atoms with Crippen molar-refractivity contribution >= 4 is 46.0 Å². The van der Waals surface area contributed by atoms with Crippen LogP contribution in [0.25, 0.3) is 10.9 Å². The summed E-state index contributed by atoms with van der Waals surface area (Å²) < 4.78 is 5.23. The maximum absolute atomic E-state index is 13.7. The Morgan fingerprint density at radius 3 is 2.50 bits per heavy atom. The lowest BCUT2D eigenvalue weighted by atomic mass is 10.1. The molecule has 0 saturated heterocycles. The summed E-state index contributed by atoms with van der Waals surface area (Å²) >= 11 is 12.4. The second-order valence-electron chi connectivity index (χ2n) is 9.42. The summed E-state index contributed by atoms with van der Waals surface area (Å²) in [6.45, 7) is 9.66. The number of nitrogens with zero attached hydrogens (tertiary/aromatic N) is 2. The molecule has 0 fully saturated rings. The molecule has 3 rings (SSSR count). The number of rotatable bonds is 12. The fourth-order valence-corrected chi connectivity index (χ4v) is 4.58.